The molecule has 1 aliphatic rings. The van der Waals surface area contributed by atoms with E-state index in [4.69, 9.17) is 9.47 Å². The summed E-state index contributed by atoms with van der Waals surface area (Å²) in [5.74, 6) is 0. The molecule has 1 saturated heterocycles. The summed E-state index contributed by atoms with van der Waals surface area (Å²) in [6.45, 7) is 9.10. The number of hydrogen-bond donors (Lipinski definition) is 1. The maximum absolute atomic E-state index is 5.68. The van der Waals surface area contributed by atoms with Gasteiger partial charge in [-0.1, -0.05) is 0 Å². The van der Waals surface area contributed by atoms with Gasteiger partial charge in [-0.25, -0.2) is 0 Å². The second-order valence-electron chi connectivity index (χ2n) is 4.83. The van der Waals surface area contributed by atoms with Crippen LogP contribution in [0, 0.1) is 5.41 Å². The molecule has 1 rings (SSSR count). The molecule has 1 heterocycles. The first-order valence-corrected chi connectivity index (χ1v) is 5.98. The van der Waals surface area contributed by atoms with Crippen molar-refractivity contribution in [2.45, 2.75) is 45.8 Å². The van der Waals surface area contributed by atoms with Crippen molar-refractivity contribution in [3.8, 4) is 0 Å². The fourth-order valence-corrected chi connectivity index (χ4v) is 2.32. The number of rotatable bonds is 6. The van der Waals surface area contributed by atoms with Gasteiger partial charge in [-0.15, -0.1) is 0 Å². The minimum Gasteiger partial charge on any atom is -0.379 e. The Morgan fingerprint density at radius 2 is 2.27 bits per heavy atom. The molecule has 0 aliphatic carbocycles. The predicted molar refractivity (Wildman–Crippen MR) is 62.1 cm³/mol. The van der Waals surface area contributed by atoms with Crippen molar-refractivity contribution in [1.29, 1.82) is 0 Å². The van der Waals surface area contributed by atoms with E-state index in [0.717, 1.165) is 32.6 Å². The summed E-state index contributed by atoms with van der Waals surface area (Å²) >= 11 is 0. The summed E-state index contributed by atoms with van der Waals surface area (Å²) in [5.41, 5.74) is 0.281. The van der Waals surface area contributed by atoms with Gasteiger partial charge in [0, 0.05) is 25.2 Å². The largest absolute Gasteiger partial charge is 0.379 e. The fourth-order valence-electron chi connectivity index (χ4n) is 2.32. The van der Waals surface area contributed by atoms with Crippen LogP contribution in [0.3, 0.4) is 0 Å². The van der Waals surface area contributed by atoms with Gasteiger partial charge in [0.1, 0.15) is 0 Å². The van der Waals surface area contributed by atoms with Crippen LogP contribution in [0.5, 0.6) is 0 Å². The molecule has 1 aliphatic heterocycles. The molecule has 90 valence electrons. The van der Waals surface area contributed by atoms with Crippen molar-refractivity contribution in [2.24, 2.45) is 5.41 Å². The Labute approximate surface area is 93.5 Å². The highest BCUT2D eigenvalue weighted by atomic mass is 16.5. The first-order chi connectivity index (χ1) is 7.10. The first kappa shape index (κ1) is 12.9. The lowest BCUT2D eigenvalue weighted by Gasteiger charge is -2.32. The van der Waals surface area contributed by atoms with Gasteiger partial charge in [-0.05, 0) is 40.7 Å². The third kappa shape index (κ3) is 3.44. The van der Waals surface area contributed by atoms with Gasteiger partial charge in [0.2, 0.25) is 0 Å². The van der Waals surface area contributed by atoms with Gasteiger partial charge < -0.3 is 14.8 Å². The SMILES string of the molecule is CNCC1(CCOC(C)C)CCOC1C. The molecule has 0 bridgehead atoms. The fraction of sp³-hybridized carbons (Fsp3) is 1.00. The van der Waals surface area contributed by atoms with Crippen molar-refractivity contribution >= 4 is 0 Å². The van der Waals surface area contributed by atoms with E-state index in [9.17, 15) is 0 Å². The summed E-state index contributed by atoms with van der Waals surface area (Å²) < 4.78 is 11.3. The Balaban J connectivity index is 2.43. The molecule has 0 amide bonds. The smallest absolute Gasteiger partial charge is 0.0617 e. The Bertz CT molecular complexity index is 184. The molecular formula is C12H25NO2. The topological polar surface area (TPSA) is 30.5 Å². The highest BCUT2D eigenvalue weighted by Crippen LogP contribution is 2.37. The average Bonchev–Trinajstić information content (AvgIpc) is 2.48. The maximum atomic E-state index is 5.68. The highest BCUT2D eigenvalue weighted by Gasteiger charge is 2.40. The van der Waals surface area contributed by atoms with Crippen LogP contribution in [0.15, 0.2) is 0 Å². The molecule has 15 heavy (non-hydrogen) atoms. The molecule has 3 heteroatoms. The number of ether oxygens (including phenoxy) is 2. The van der Waals surface area contributed by atoms with Crippen LogP contribution in [0.4, 0.5) is 0 Å². The maximum Gasteiger partial charge on any atom is 0.0617 e. The van der Waals surface area contributed by atoms with Crippen LogP contribution in [-0.4, -0.2) is 39.0 Å². The molecule has 2 unspecified atom stereocenters. The van der Waals surface area contributed by atoms with Crippen molar-refractivity contribution in [2.75, 3.05) is 26.8 Å². The molecule has 2 atom stereocenters. The predicted octanol–water partition coefficient (Wildman–Crippen LogP) is 1.82. The van der Waals surface area contributed by atoms with Crippen molar-refractivity contribution in [3.05, 3.63) is 0 Å². The van der Waals surface area contributed by atoms with Gasteiger partial charge >= 0.3 is 0 Å². The van der Waals surface area contributed by atoms with Crippen molar-refractivity contribution in [1.82, 2.24) is 5.32 Å². The molecule has 0 radical (unpaired) electrons. The van der Waals surface area contributed by atoms with Crippen LogP contribution < -0.4 is 5.32 Å². The summed E-state index contributed by atoms with van der Waals surface area (Å²) in [7, 11) is 2.01. The van der Waals surface area contributed by atoms with E-state index in [2.05, 4.69) is 26.1 Å². The second-order valence-corrected chi connectivity index (χ2v) is 4.83. The Kier molecular flexibility index (Phi) is 5.03. The molecule has 1 fully saturated rings. The van der Waals surface area contributed by atoms with E-state index in [-0.39, 0.29) is 5.41 Å². The lowest BCUT2D eigenvalue weighted by molar-refractivity contribution is 0.0176. The number of hydrogen-bond acceptors (Lipinski definition) is 3. The van der Waals surface area contributed by atoms with Gasteiger partial charge in [0.25, 0.3) is 0 Å². The summed E-state index contributed by atoms with van der Waals surface area (Å²) in [4.78, 5) is 0. The molecule has 0 aromatic carbocycles. The normalized spacial score (nSPS) is 31.4. The molecule has 0 aromatic rings. The van der Waals surface area contributed by atoms with E-state index >= 15 is 0 Å². The second kappa shape index (κ2) is 5.83. The molecular weight excluding hydrogens is 190 g/mol. The molecule has 0 spiro atoms. The highest BCUT2D eigenvalue weighted by molar-refractivity contribution is 4.91. The standard InChI is InChI=1S/C12H25NO2/c1-10(2)14-7-5-12(9-13-4)6-8-15-11(12)3/h10-11,13H,5-9H2,1-4H3. The van der Waals surface area contributed by atoms with Crippen LogP contribution >= 0.6 is 0 Å². The summed E-state index contributed by atoms with van der Waals surface area (Å²) in [6.07, 6.45) is 2.92. The van der Waals surface area contributed by atoms with Crippen LogP contribution in [0.1, 0.15) is 33.6 Å². The van der Waals surface area contributed by atoms with Crippen LogP contribution in [0.2, 0.25) is 0 Å². The van der Waals surface area contributed by atoms with Gasteiger partial charge in [-0.2, -0.15) is 0 Å². The molecule has 0 saturated carbocycles. The van der Waals surface area contributed by atoms with E-state index < -0.39 is 0 Å². The van der Waals surface area contributed by atoms with E-state index in [1.165, 1.54) is 0 Å². The van der Waals surface area contributed by atoms with E-state index in [1.54, 1.807) is 0 Å². The average molecular weight is 215 g/mol. The van der Waals surface area contributed by atoms with Gasteiger partial charge in [-0.3, -0.25) is 0 Å². The molecule has 0 aromatic heterocycles. The lowest BCUT2D eigenvalue weighted by atomic mass is 9.78. The first-order valence-electron chi connectivity index (χ1n) is 5.98. The van der Waals surface area contributed by atoms with Crippen molar-refractivity contribution < 1.29 is 9.47 Å². The third-order valence-electron chi connectivity index (χ3n) is 3.41. The van der Waals surface area contributed by atoms with Gasteiger partial charge in [0.05, 0.1) is 12.2 Å². The van der Waals surface area contributed by atoms with Gasteiger partial charge in [0.15, 0.2) is 0 Å². The minimum absolute atomic E-state index is 0.281. The number of nitrogens with one attached hydrogen (secondary N) is 1. The zero-order valence-electron chi connectivity index (χ0n) is 10.5. The Morgan fingerprint density at radius 3 is 2.73 bits per heavy atom. The summed E-state index contributed by atoms with van der Waals surface area (Å²) in [6, 6.07) is 0. The third-order valence-corrected chi connectivity index (χ3v) is 3.41. The van der Waals surface area contributed by atoms with Crippen LogP contribution in [0.25, 0.3) is 0 Å². The zero-order chi connectivity index (χ0) is 11.3. The lowest BCUT2D eigenvalue weighted by Crippen LogP contribution is -2.39. The zero-order valence-corrected chi connectivity index (χ0v) is 10.5. The van der Waals surface area contributed by atoms with E-state index in [1.807, 2.05) is 7.05 Å². The molecule has 1 N–H and O–H groups in total. The Hall–Kier alpha value is -0.120. The molecule has 3 nitrogen and oxygen atoms in total. The quantitative estimate of drug-likeness (QED) is 0.733. The minimum atomic E-state index is 0.281. The monoisotopic (exact) mass is 215 g/mol. The van der Waals surface area contributed by atoms with Crippen LogP contribution in [-0.2, 0) is 9.47 Å². The summed E-state index contributed by atoms with van der Waals surface area (Å²) in [5, 5.41) is 3.28. The van der Waals surface area contributed by atoms with E-state index in [0.29, 0.717) is 12.2 Å². The van der Waals surface area contributed by atoms with Crippen molar-refractivity contribution in [3.63, 3.8) is 0 Å². The Morgan fingerprint density at radius 1 is 1.53 bits per heavy atom.